The van der Waals surface area contributed by atoms with Crippen LogP contribution in [-0.2, 0) is 6.42 Å². The number of hydrogen-bond acceptors (Lipinski definition) is 3. The van der Waals surface area contributed by atoms with Crippen LogP contribution in [0.3, 0.4) is 0 Å². The second kappa shape index (κ2) is 5.23. The number of carbonyl (C=O) groups is 1. The van der Waals surface area contributed by atoms with Gasteiger partial charge in [-0.1, -0.05) is 19.8 Å². The summed E-state index contributed by atoms with van der Waals surface area (Å²) in [6, 6.07) is 2.11. The van der Waals surface area contributed by atoms with Crippen molar-refractivity contribution in [3.8, 4) is 0 Å². The molecule has 2 aromatic heterocycles. The van der Waals surface area contributed by atoms with Gasteiger partial charge >= 0.3 is 5.97 Å². The SMILES string of the molecule is CCCc1nc2cc(C(=O)O)cnc2n1C1CCCC1. The largest absolute Gasteiger partial charge is 0.478 e. The Morgan fingerprint density at radius 2 is 2.20 bits per heavy atom. The van der Waals surface area contributed by atoms with Crippen LogP contribution in [0.4, 0.5) is 0 Å². The summed E-state index contributed by atoms with van der Waals surface area (Å²) >= 11 is 0. The molecular formula is C15H19N3O2. The highest BCUT2D eigenvalue weighted by molar-refractivity contribution is 5.90. The minimum atomic E-state index is -0.952. The maximum atomic E-state index is 11.0. The molecule has 20 heavy (non-hydrogen) atoms. The second-order valence-electron chi connectivity index (χ2n) is 5.46. The van der Waals surface area contributed by atoms with E-state index in [1.54, 1.807) is 6.07 Å². The lowest BCUT2D eigenvalue weighted by Gasteiger charge is -2.15. The van der Waals surface area contributed by atoms with Crippen molar-refractivity contribution in [1.82, 2.24) is 14.5 Å². The maximum Gasteiger partial charge on any atom is 0.337 e. The predicted octanol–water partition coefficient (Wildman–Crippen LogP) is 3.20. The van der Waals surface area contributed by atoms with Crippen LogP contribution in [0.2, 0.25) is 0 Å². The molecule has 3 rings (SSSR count). The highest BCUT2D eigenvalue weighted by Gasteiger charge is 2.23. The fraction of sp³-hybridized carbons (Fsp3) is 0.533. The first-order chi connectivity index (χ1) is 9.70. The molecule has 106 valence electrons. The highest BCUT2D eigenvalue weighted by atomic mass is 16.4. The molecular weight excluding hydrogens is 254 g/mol. The fourth-order valence-corrected chi connectivity index (χ4v) is 3.09. The average Bonchev–Trinajstić information content (AvgIpc) is 3.04. The van der Waals surface area contributed by atoms with E-state index in [4.69, 9.17) is 5.11 Å². The zero-order valence-corrected chi connectivity index (χ0v) is 11.7. The van der Waals surface area contributed by atoms with Gasteiger partial charge in [-0.25, -0.2) is 14.8 Å². The molecule has 0 atom stereocenters. The lowest BCUT2D eigenvalue weighted by molar-refractivity contribution is 0.0696. The van der Waals surface area contributed by atoms with Crippen molar-refractivity contribution in [2.75, 3.05) is 0 Å². The van der Waals surface area contributed by atoms with Crippen LogP contribution in [0.25, 0.3) is 11.2 Å². The molecule has 1 fully saturated rings. The van der Waals surface area contributed by atoms with Crippen LogP contribution >= 0.6 is 0 Å². The Bertz CT molecular complexity index is 642. The van der Waals surface area contributed by atoms with Crippen molar-refractivity contribution >= 4 is 17.1 Å². The number of carboxylic acid groups (broad SMARTS) is 1. The summed E-state index contributed by atoms with van der Waals surface area (Å²) in [6.07, 6.45) is 8.23. The standard InChI is InChI=1S/C15H19N3O2/c1-2-5-13-17-12-8-10(15(19)20)9-16-14(12)18(13)11-6-3-4-7-11/h8-9,11H,2-7H2,1H3,(H,19,20). The molecule has 0 radical (unpaired) electrons. The number of nitrogens with zero attached hydrogens (tertiary/aromatic N) is 3. The third kappa shape index (κ3) is 2.17. The smallest absolute Gasteiger partial charge is 0.337 e. The highest BCUT2D eigenvalue weighted by Crippen LogP contribution is 2.33. The molecule has 0 saturated heterocycles. The van der Waals surface area contributed by atoms with E-state index < -0.39 is 5.97 Å². The first-order valence-electron chi connectivity index (χ1n) is 7.31. The van der Waals surface area contributed by atoms with Crippen molar-refractivity contribution in [3.05, 3.63) is 23.7 Å². The fourth-order valence-electron chi connectivity index (χ4n) is 3.09. The zero-order valence-electron chi connectivity index (χ0n) is 11.7. The van der Waals surface area contributed by atoms with E-state index in [0.717, 1.165) is 24.3 Å². The summed E-state index contributed by atoms with van der Waals surface area (Å²) in [5.41, 5.74) is 1.75. The van der Waals surface area contributed by atoms with Crippen molar-refractivity contribution in [2.24, 2.45) is 0 Å². The Morgan fingerprint density at radius 3 is 2.85 bits per heavy atom. The van der Waals surface area contributed by atoms with E-state index >= 15 is 0 Å². The molecule has 1 aliphatic carbocycles. The lowest BCUT2D eigenvalue weighted by Crippen LogP contribution is -2.10. The van der Waals surface area contributed by atoms with E-state index in [1.165, 1.54) is 31.9 Å². The summed E-state index contributed by atoms with van der Waals surface area (Å²) < 4.78 is 2.25. The van der Waals surface area contributed by atoms with Gasteiger partial charge in [0.2, 0.25) is 0 Å². The van der Waals surface area contributed by atoms with Crippen LogP contribution in [-0.4, -0.2) is 25.6 Å². The molecule has 5 nitrogen and oxygen atoms in total. The quantitative estimate of drug-likeness (QED) is 0.928. The van der Waals surface area contributed by atoms with Gasteiger partial charge in [0.25, 0.3) is 0 Å². The molecule has 2 aromatic rings. The van der Waals surface area contributed by atoms with Crippen LogP contribution in [0, 0.1) is 0 Å². The van der Waals surface area contributed by atoms with Gasteiger partial charge in [0.1, 0.15) is 11.3 Å². The summed E-state index contributed by atoms with van der Waals surface area (Å²) in [5.74, 6) is 0.0938. The van der Waals surface area contributed by atoms with Gasteiger partial charge < -0.3 is 9.67 Å². The van der Waals surface area contributed by atoms with Crippen molar-refractivity contribution in [1.29, 1.82) is 0 Å². The lowest BCUT2D eigenvalue weighted by atomic mass is 10.2. The van der Waals surface area contributed by atoms with Gasteiger partial charge in [-0.2, -0.15) is 0 Å². The van der Waals surface area contributed by atoms with Gasteiger partial charge in [0.05, 0.1) is 5.56 Å². The third-order valence-corrected chi connectivity index (χ3v) is 4.01. The Morgan fingerprint density at radius 1 is 1.45 bits per heavy atom. The Kier molecular flexibility index (Phi) is 3.42. The molecule has 1 N–H and O–H groups in total. The van der Waals surface area contributed by atoms with Gasteiger partial charge in [-0.05, 0) is 25.3 Å². The van der Waals surface area contributed by atoms with Crippen LogP contribution in [0.5, 0.6) is 0 Å². The molecule has 0 bridgehead atoms. The molecule has 2 heterocycles. The topological polar surface area (TPSA) is 68.0 Å². The number of aromatic carboxylic acids is 1. The first-order valence-corrected chi connectivity index (χ1v) is 7.31. The normalized spacial score (nSPS) is 16.1. The molecule has 0 aliphatic heterocycles. The van der Waals surface area contributed by atoms with E-state index in [2.05, 4.69) is 21.5 Å². The van der Waals surface area contributed by atoms with Crippen molar-refractivity contribution < 1.29 is 9.90 Å². The monoisotopic (exact) mass is 273 g/mol. The molecule has 0 unspecified atom stereocenters. The predicted molar refractivity (Wildman–Crippen MR) is 76.0 cm³/mol. The van der Waals surface area contributed by atoms with E-state index in [-0.39, 0.29) is 5.56 Å². The van der Waals surface area contributed by atoms with Crippen molar-refractivity contribution in [2.45, 2.75) is 51.5 Å². The number of imidazole rings is 1. The summed E-state index contributed by atoms with van der Waals surface area (Å²) in [4.78, 5) is 20.0. The second-order valence-corrected chi connectivity index (χ2v) is 5.46. The number of fused-ring (bicyclic) bond motifs is 1. The molecule has 1 saturated carbocycles. The minimum Gasteiger partial charge on any atom is -0.478 e. The Labute approximate surface area is 117 Å². The Hall–Kier alpha value is -1.91. The zero-order chi connectivity index (χ0) is 14.1. The van der Waals surface area contributed by atoms with Crippen molar-refractivity contribution in [3.63, 3.8) is 0 Å². The number of aryl methyl sites for hydroxylation is 1. The number of rotatable bonds is 4. The van der Waals surface area contributed by atoms with Gasteiger partial charge in [0.15, 0.2) is 5.65 Å². The van der Waals surface area contributed by atoms with E-state index in [1.807, 2.05) is 0 Å². The summed E-state index contributed by atoms with van der Waals surface area (Å²) in [6.45, 7) is 2.13. The van der Waals surface area contributed by atoms with Crippen LogP contribution in [0.15, 0.2) is 12.3 Å². The Balaban J connectivity index is 2.13. The number of pyridine rings is 1. The molecule has 0 aromatic carbocycles. The van der Waals surface area contributed by atoms with Gasteiger partial charge in [-0.3, -0.25) is 0 Å². The third-order valence-electron chi connectivity index (χ3n) is 4.01. The molecule has 0 amide bonds. The molecule has 1 aliphatic rings. The first kappa shape index (κ1) is 13.1. The van der Waals surface area contributed by atoms with Crippen LogP contribution < -0.4 is 0 Å². The minimum absolute atomic E-state index is 0.205. The summed E-state index contributed by atoms with van der Waals surface area (Å²) in [7, 11) is 0. The maximum absolute atomic E-state index is 11.0. The average molecular weight is 273 g/mol. The van der Waals surface area contributed by atoms with Gasteiger partial charge in [0, 0.05) is 18.7 Å². The van der Waals surface area contributed by atoms with Gasteiger partial charge in [-0.15, -0.1) is 0 Å². The van der Waals surface area contributed by atoms with E-state index in [0.29, 0.717) is 11.6 Å². The van der Waals surface area contributed by atoms with Crippen LogP contribution in [0.1, 0.15) is 61.3 Å². The molecule has 0 spiro atoms. The number of hydrogen-bond donors (Lipinski definition) is 1. The number of carboxylic acids is 1. The number of aromatic nitrogens is 3. The summed E-state index contributed by atoms with van der Waals surface area (Å²) in [5, 5.41) is 9.06. The molecule has 5 heteroatoms. The van der Waals surface area contributed by atoms with E-state index in [9.17, 15) is 4.79 Å².